The molecule has 0 saturated heterocycles. The normalized spacial score (nSPS) is 9.68. The number of ether oxygens (including phenoxy) is 2. The van der Waals surface area contributed by atoms with Crippen LogP contribution in [0.5, 0.6) is 5.75 Å². The van der Waals surface area contributed by atoms with Gasteiger partial charge in [0.1, 0.15) is 5.75 Å². The molecule has 0 fully saturated rings. The Morgan fingerprint density at radius 3 is 2.41 bits per heavy atom. The summed E-state index contributed by atoms with van der Waals surface area (Å²) in [5.41, 5.74) is 5.69. The van der Waals surface area contributed by atoms with E-state index in [1.807, 2.05) is 6.07 Å². The van der Waals surface area contributed by atoms with E-state index in [0.717, 1.165) is 0 Å². The van der Waals surface area contributed by atoms with E-state index in [1.165, 1.54) is 0 Å². The summed E-state index contributed by atoms with van der Waals surface area (Å²) in [5, 5.41) is 0. The molecule has 0 unspecified atom stereocenters. The number of carbonyl (C=O) groups is 2. The van der Waals surface area contributed by atoms with E-state index in [9.17, 15) is 9.59 Å². The van der Waals surface area contributed by atoms with E-state index in [4.69, 9.17) is 9.47 Å². The molecule has 6 heteroatoms. The second kappa shape index (κ2) is 7.68. The molecular formula is C16H16N2O4. The molecule has 0 atom stereocenters. The summed E-state index contributed by atoms with van der Waals surface area (Å²) in [6, 6.07) is 15.4. The number of hydrogen-bond acceptors (Lipinski definition) is 5. The molecule has 22 heavy (non-hydrogen) atoms. The van der Waals surface area contributed by atoms with E-state index >= 15 is 0 Å². The molecule has 0 aliphatic carbocycles. The zero-order chi connectivity index (χ0) is 15.8. The van der Waals surface area contributed by atoms with E-state index in [0.29, 0.717) is 17.0 Å². The maximum Gasteiger partial charge on any atom is 0.425 e. The zero-order valence-corrected chi connectivity index (χ0v) is 12.0. The third-order valence-electron chi connectivity index (χ3n) is 2.68. The van der Waals surface area contributed by atoms with Crippen LogP contribution < -0.4 is 15.6 Å². The maximum absolute atomic E-state index is 12.2. The molecular weight excluding hydrogens is 284 g/mol. The fourth-order valence-corrected chi connectivity index (χ4v) is 1.71. The largest absolute Gasteiger partial charge is 0.449 e. The van der Waals surface area contributed by atoms with Crippen molar-refractivity contribution in [2.24, 2.45) is 0 Å². The number of para-hydroxylation sites is 2. The predicted octanol–water partition coefficient (Wildman–Crippen LogP) is 2.98. The van der Waals surface area contributed by atoms with Crippen LogP contribution in [0.3, 0.4) is 0 Å². The van der Waals surface area contributed by atoms with Crippen molar-refractivity contribution in [2.45, 2.75) is 6.92 Å². The van der Waals surface area contributed by atoms with Crippen molar-refractivity contribution in [1.82, 2.24) is 5.43 Å². The molecule has 0 aliphatic rings. The molecule has 6 nitrogen and oxygen atoms in total. The fraction of sp³-hybridized carbons (Fsp3) is 0.125. The first-order chi connectivity index (χ1) is 10.7. The fourth-order valence-electron chi connectivity index (χ4n) is 1.71. The summed E-state index contributed by atoms with van der Waals surface area (Å²) in [6.45, 7) is 1.95. The average Bonchev–Trinajstić information content (AvgIpc) is 2.54. The number of benzene rings is 2. The molecule has 2 aromatic rings. The van der Waals surface area contributed by atoms with Crippen molar-refractivity contribution in [3.05, 3.63) is 60.2 Å². The minimum absolute atomic E-state index is 0.255. The Morgan fingerprint density at radius 2 is 1.68 bits per heavy atom. The Hall–Kier alpha value is -3.02. The van der Waals surface area contributed by atoms with Gasteiger partial charge in [-0.3, -0.25) is 5.43 Å². The lowest BCUT2D eigenvalue weighted by Gasteiger charge is -2.12. The Balaban J connectivity index is 2.07. The van der Waals surface area contributed by atoms with Crippen LogP contribution in [0.1, 0.15) is 17.3 Å². The van der Waals surface area contributed by atoms with Gasteiger partial charge < -0.3 is 9.47 Å². The summed E-state index contributed by atoms with van der Waals surface area (Å²) in [5.74, 6) is -0.0828. The molecule has 0 aromatic heterocycles. The van der Waals surface area contributed by atoms with E-state index in [-0.39, 0.29) is 6.61 Å². The number of hydrazine groups is 1. The summed E-state index contributed by atoms with van der Waals surface area (Å²) < 4.78 is 10.0. The van der Waals surface area contributed by atoms with Gasteiger partial charge in [0.05, 0.1) is 17.9 Å². The third kappa shape index (κ3) is 4.24. The van der Waals surface area contributed by atoms with Gasteiger partial charge in [-0.25, -0.2) is 15.0 Å². The molecule has 2 aromatic carbocycles. The van der Waals surface area contributed by atoms with Crippen molar-refractivity contribution < 1.29 is 19.1 Å². The van der Waals surface area contributed by atoms with Crippen molar-refractivity contribution >= 4 is 17.7 Å². The van der Waals surface area contributed by atoms with Gasteiger partial charge in [-0.1, -0.05) is 30.3 Å². The summed E-state index contributed by atoms with van der Waals surface area (Å²) in [6.07, 6.45) is -0.631. The van der Waals surface area contributed by atoms with Crippen LogP contribution in [0.25, 0.3) is 0 Å². The molecule has 1 amide bonds. The lowest BCUT2D eigenvalue weighted by Crippen LogP contribution is -2.31. The van der Waals surface area contributed by atoms with Crippen LogP contribution in [-0.2, 0) is 4.74 Å². The number of esters is 1. The highest BCUT2D eigenvalue weighted by Gasteiger charge is 2.13. The second-order valence-electron chi connectivity index (χ2n) is 4.22. The highest BCUT2D eigenvalue weighted by molar-refractivity contribution is 5.97. The lowest BCUT2D eigenvalue weighted by molar-refractivity contribution is 0.0735. The molecule has 0 heterocycles. The monoisotopic (exact) mass is 300 g/mol. The maximum atomic E-state index is 12.2. The standard InChI is InChI=1S/C16H16N2O4/c1-2-21-16(20)18-17-14-11-7-6-10-13(14)15(19)22-12-8-4-3-5-9-12/h3-11,17H,2H2,1H3,(H,18,20). The first kappa shape index (κ1) is 15.4. The van der Waals surface area contributed by atoms with Gasteiger partial charge in [-0.05, 0) is 31.2 Å². The van der Waals surface area contributed by atoms with Crippen LogP contribution in [0.4, 0.5) is 10.5 Å². The molecule has 0 bridgehead atoms. The average molecular weight is 300 g/mol. The molecule has 2 rings (SSSR count). The lowest BCUT2D eigenvalue weighted by atomic mass is 10.2. The zero-order valence-electron chi connectivity index (χ0n) is 12.0. The van der Waals surface area contributed by atoms with Crippen LogP contribution in [0.2, 0.25) is 0 Å². The molecule has 2 N–H and O–H groups in total. The highest BCUT2D eigenvalue weighted by atomic mass is 16.6. The SMILES string of the molecule is CCOC(=O)NNc1ccccc1C(=O)Oc1ccccc1. The van der Waals surface area contributed by atoms with Crippen molar-refractivity contribution in [2.75, 3.05) is 12.0 Å². The van der Waals surface area contributed by atoms with Gasteiger partial charge in [-0.15, -0.1) is 0 Å². The highest BCUT2D eigenvalue weighted by Crippen LogP contribution is 2.17. The smallest absolute Gasteiger partial charge is 0.425 e. The number of carbonyl (C=O) groups excluding carboxylic acids is 2. The van der Waals surface area contributed by atoms with Crippen LogP contribution in [0, 0.1) is 0 Å². The summed E-state index contributed by atoms with van der Waals surface area (Å²) in [7, 11) is 0. The Bertz CT molecular complexity index is 644. The summed E-state index contributed by atoms with van der Waals surface area (Å²) >= 11 is 0. The molecule has 0 aliphatic heterocycles. The number of hydrogen-bond donors (Lipinski definition) is 2. The van der Waals surface area contributed by atoms with Crippen LogP contribution in [0.15, 0.2) is 54.6 Å². The minimum atomic E-state index is -0.631. The number of nitrogens with one attached hydrogen (secondary N) is 2. The Kier molecular flexibility index (Phi) is 5.37. The molecule has 0 saturated carbocycles. The van der Waals surface area contributed by atoms with E-state index < -0.39 is 12.1 Å². The van der Waals surface area contributed by atoms with Crippen molar-refractivity contribution in [3.63, 3.8) is 0 Å². The van der Waals surface area contributed by atoms with E-state index in [1.54, 1.807) is 55.5 Å². The van der Waals surface area contributed by atoms with E-state index in [2.05, 4.69) is 10.9 Å². The van der Waals surface area contributed by atoms with Crippen LogP contribution in [-0.4, -0.2) is 18.7 Å². The van der Waals surface area contributed by atoms with Crippen LogP contribution >= 0.6 is 0 Å². The minimum Gasteiger partial charge on any atom is -0.449 e. The van der Waals surface area contributed by atoms with Gasteiger partial charge in [0, 0.05) is 0 Å². The van der Waals surface area contributed by atoms with Crippen molar-refractivity contribution in [1.29, 1.82) is 0 Å². The number of anilines is 1. The van der Waals surface area contributed by atoms with Gasteiger partial charge in [0.15, 0.2) is 0 Å². The molecule has 0 radical (unpaired) electrons. The Labute approximate surface area is 128 Å². The Morgan fingerprint density at radius 1 is 1.00 bits per heavy atom. The van der Waals surface area contributed by atoms with Gasteiger partial charge in [-0.2, -0.15) is 0 Å². The predicted molar refractivity (Wildman–Crippen MR) is 81.6 cm³/mol. The van der Waals surface area contributed by atoms with Gasteiger partial charge in [0.2, 0.25) is 0 Å². The van der Waals surface area contributed by atoms with Crippen molar-refractivity contribution in [3.8, 4) is 5.75 Å². The summed E-state index contributed by atoms with van der Waals surface area (Å²) in [4.78, 5) is 23.5. The topological polar surface area (TPSA) is 76.7 Å². The first-order valence-electron chi connectivity index (χ1n) is 6.75. The molecule has 0 spiro atoms. The first-order valence-corrected chi connectivity index (χ1v) is 6.75. The third-order valence-corrected chi connectivity index (χ3v) is 2.68. The quantitative estimate of drug-likeness (QED) is 0.504. The number of amides is 1. The van der Waals surface area contributed by atoms with Gasteiger partial charge in [0.25, 0.3) is 0 Å². The number of rotatable bonds is 5. The molecule has 114 valence electrons. The second-order valence-corrected chi connectivity index (χ2v) is 4.22. The van der Waals surface area contributed by atoms with Gasteiger partial charge >= 0.3 is 12.1 Å².